The highest BCUT2D eigenvalue weighted by Gasteiger charge is 2.23. The van der Waals surface area contributed by atoms with Gasteiger partial charge in [0.2, 0.25) is 0 Å². The van der Waals surface area contributed by atoms with Crippen molar-refractivity contribution in [1.82, 2.24) is 25.5 Å². The van der Waals surface area contributed by atoms with Crippen LogP contribution in [0.5, 0.6) is 0 Å². The van der Waals surface area contributed by atoms with Gasteiger partial charge in [-0.25, -0.2) is 22.8 Å². The summed E-state index contributed by atoms with van der Waals surface area (Å²) in [6, 6.07) is 9.18. The van der Waals surface area contributed by atoms with E-state index in [9.17, 15) is 12.8 Å². The highest BCUT2D eigenvalue weighted by Crippen LogP contribution is 2.32. The highest BCUT2D eigenvalue weighted by atomic mass is 35.5. The van der Waals surface area contributed by atoms with Crippen molar-refractivity contribution >= 4 is 27.3 Å². The minimum atomic E-state index is -3.55. The van der Waals surface area contributed by atoms with Crippen molar-refractivity contribution in [2.45, 2.75) is 30.5 Å². The van der Waals surface area contributed by atoms with Crippen LogP contribution < -0.4 is 11.1 Å². The van der Waals surface area contributed by atoms with Gasteiger partial charge in [0.05, 0.1) is 32.6 Å². The average molecular weight is 517 g/mol. The van der Waals surface area contributed by atoms with Crippen molar-refractivity contribution in [2.24, 2.45) is 0 Å². The first-order valence-electron chi connectivity index (χ1n) is 10.6. The van der Waals surface area contributed by atoms with Crippen LogP contribution >= 0.6 is 11.6 Å². The Morgan fingerprint density at radius 2 is 1.89 bits per heavy atom. The number of nitrogens with zero attached hydrogens (tertiary/aromatic N) is 4. The van der Waals surface area contributed by atoms with Crippen LogP contribution in [-0.4, -0.2) is 40.9 Å². The van der Waals surface area contributed by atoms with Gasteiger partial charge in [-0.2, -0.15) is 0 Å². The van der Waals surface area contributed by atoms with Gasteiger partial charge in [0.25, 0.3) is 11.8 Å². The number of nitrogens with two attached hydrogens (primary N) is 1. The van der Waals surface area contributed by atoms with Gasteiger partial charge in [-0.3, -0.25) is 0 Å². The van der Waals surface area contributed by atoms with Crippen molar-refractivity contribution in [1.29, 1.82) is 0 Å². The van der Waals surface area contributed by atoms with Crippen LogP contribution in [0.2, 0.25) is 5.02 Å². The SMILES string of the molecule is CNCc1ccc(-c2nnc(-c3nc(-c4ccc(S(=O)(=O)C(C)C)c(Cl)c4)cnc3N)o2)c(F)c1. The molecular weight excluding hydrogens is 495 g/mol. The van der Waals surface area contributed by atoms with Crippen LogP contribution in [0.3, 0.4) is 0 Å². The molecule has 0 amide bonds. The molecule has 4 aromatic rings. The fourth-order valence-electron chi connectivity index (χ4n) is 3.31. The van der Waals surface area contributed by atoms with E-state index >= 15 is 0 Å². The maximum absolute atomic E-state index is 14.6. The van der Waals surface area contributed by atoms with Crippen LogP contribution in [0.1, 0.15) is 19.4 Å². The maximum Gasteiger partial charge on any atom is 0.270 e. The first-order chi connectivity index (χ1) is 16.6. The van der Waals surface area contributed by atoms with E-state index in [1.165, 1.54) is 24.4 Å². The van der Waals surface area contributed by atoms with Gasteiger partial charge < -0.3 is 15.5 Å². The van der Waals surface area contributed by atoms with E-state index in [-0.39, 0.29) is 38.8 Å². The second-order valence-corrected chi connectivity index (χ2v) is 10.9. The smallest absolute Gasteiger partial charge is 0.270 e. The second-order valence-electron chi connectivity index (χ2n) is 7.98. The summed E-state index contributed by atoms with van der Waals surface area (Å²) in [7, 11) is -1.78. The fourth-order valence-corrected chi connectivity index (χ4v) is 4.91. The molecule has 0 aliphatic carbocycles. The van der Waals surface area contributed by atoms with Crippen LogP contribution in [0.15, 0.2) is 51.9 Å². The Hall–Kier alpha value is -3.41. The molecule has 2 aromatic carbocycles. The predicted octanol–water partition coefficient (Wildman–Crippen LogP) is 4.14. The number of rotatable bonds is 7. The van der Waals surface area contributed by atoms with Gasteiger partial charge in [-0.15, -0.1) is 10.2 Å². The summed E-state index contributed by atoms with van der Waals surface area (Å²) < 4.78 is 45.2. The van der Waals surface area contributed by atoms with E-state index in [0.29, 0.717) is 17.8 Å². The fraction of sp³-hybridized carbons (Fsp3) is 0.217. The topological polar surface area (TPSA) is 137 Å². The third-order valence-electron chi connectivity index (χ3n) is 5.23. The third-order valence-corrected chi connectivity index (χ3v) is 7.86. The van der Waals surface area contributed by atoms with Crippen LogP contribution in [-0.2, 0) is 16.4 Å². The number of nitrogens with one attached hydrogen (secondary N) is 1. The minimum absolute atomic E-state index is 0.0268. The number of hydrogen-bond donors (Lipinski definition) is 2. The van der Waals surface area contributed by atoms with E-state index in [1.54, 1.807) is 39.1 Å². The molecule has 2 heterocycles. The molecule has 0 saturated heterocycles. The molecule has 182 valence electrons. The van der Waals surface area contributed by atoms with Crippen LogP contribution in [0.25, 0.3) is 34.3 Å². The lowest BCUT2D eigenvalue weighted by molar-refractivity contribution is 0.568. The number of aromatic nitrogens is 4. The zero-order valence-corrected chi connectivity index (χ0v) is 20.7. The summed E-state index contributed by atoms with van der Waals surface area (Å²) >= 11 is 6.28. The minimum Gasteiger partial charge on any atom is -0.414 e. The maximum atomic E-state index is 14.6. The Balaban J connectivity index is 1.69. The van der Waals surface area contributed by atoms with Gasteiger partial charge in [0, 0.05) is 12.1 Å². The summed E-state index contributed by atoms with van der Waals surface area (Å²) in [5.74, 6) is -0.562. The van der Waals surface area contributed by atoms with E-state index in [0.717, 1.165) is 5.56 Å². The Morgan fingerprint density at radius 1 is 1.14 bits per heavy atom. The normalized spacial score (nSPS) is 11.8. The number of sulfone groups is 1. The zero-order valence-electron chi connectivity index (χ0n) is 19.1. The molecule has 0 spiro atoms. The van der Waals surface area contributed by atoms with Gasteiger partial charge in [0.15, 0.2) is 21.3 Å². The second kappa shape index (κ2) is 9.68. The number of halogens is 2. The first kappa shape index (κ1) is 24.7. The largest absolute Gasteiger partial charge is 0.414 e. The first-order valence-corrected chi connectivity index (χ1v) is 12.5. The quantitative estimate of drug-likeness (QED) is 0.371. The molecular formula is C23H22ClFN6O3S. The number of nitrogen functional groups attached to an aromatic ring is 1. The summed E-state index contributed by atoms with van der Waals surface area (Å²) in [5.41, 5.74) is 7.86. The molecule has 0 bridgehead atoms. The molecule has 0 aliphatic heterocycles. The summed E-state index contributed by atoms with van der Waals surface area (Å²) in [5, 5.41) is 10.3. The Kier molecular flexibility index (Phi) is 6.84. The molecule has 0 radical (unpaired) electrons. The molecule has 3 N–H and O–H groups in total. The molecule has 0 atom stereocenters. The van der Waals surface area contributed by atoms with Crippen LogP contribution in [0.4, 0.5) is 10.2 Å². The summed E-state index contributed by atoms with van der Waals surface area (Å²) in [6.07, 6.45) is 1.42. The van der Waals surface area contributed by atoms with Gasteiger partial charge in [0.1, 0.15) is 5.82 Å². The number of anilines is 1. The lowest BCUT2D eigenvalue weighted by Gasteiger charge is -2.11. The predicted molar refractivity (Wildman–Crippen MR) is 131 cm³/mol. The van der Waals surface area contributed by atoms with Crippen molar-refractivity contribution in [2.75, 3.05) is 12.8 Å². The summed E-state index contributed by atoms with van der Waals surface area (Å²) in [6.45, 7) is 3.68. The molecule has 4 rings (SSSR count). The number of benzene rings is 2. The molecule has 0 saturated carbocycles. The van der Waals surface area contributed by atoms with Crippen molar-refractivity contribution in [3.05, 3.63) is 59.0 Å². The van der Waals surface area contributed by atoms with Gasteiger partial charge in [-0.1, -0.05) is 23.7 Å². The van der Waals surface area contributed by atoms with Gasteiger partial charge in [-0.05, 0) is 50.7 Å². The molecule has 0 unspecified atom stereocenters. The van der Waals surface area contributed by atoms with Crippen molar-refractivity contribution < 1.29 is 17.2 Å². The van der Waals surface area contributed by atoms with Crippen LogP contribution in [0, 0.1) is 5.82 Å². The lowest BCUT2D eigenvalue weighted by atomic mass is 10.1. The standard InChI is InChI=1S/C23H22ClFN6O3S/c1-12(2)35(32,33)19-7-5-14(9-16(19)24)18-11-28-21(26)20(29-18)23-31-30-22(34-23)15-6-4-13(10-27-3)8-17(15)25/h4-9,11-12,27H,10H2,1-3H3,(H2,26,28). The molecule has 2 aromatic heterocycles. The van der Waals surface area contributed by atoms with Gasteiger partial charge >= 0.3 is 0 Å². The highest BCUT2D eigenvalue weighted by molar-refractivity contribution is 7.92. The molecule has 12 heteroatoms. The molecule has 35 heavy (non-hydrogen) atoms. The Bertz CT molecular complexity index is 1510. The van der Waals surface area contributed by atoms with Crippen molar-refractivity contribution in [3.8, 4) is 34.3 Å². The van der Waals surface area contributed by atoms with E-state index < -0.39 is 20.9 Å². The molecule has 0 fully saturated rings. The summed E-state index contributed by atoms with van der Waals surface area (Å²) in [4.78, 5) is 8.63. The molecule has 9 nitrogen and oxygen atoms in total. The lowest BCUT2D eigenvalue weighted by Crippen LogP contribution is -2.14. The molecule has 0 aliphatic rings. The number of hydrogen-bond acceptors (Lipinski definition) is 9. The monoisotopic (exact) mass is 516 g/mol. The van der Waals surface area contributed by atoms with Crippen molar-refractivity contribution in [3.63, 3.8) is 0 Å². The van der Waals surface area contributed by atoms with E-state index in [2.05, 4.69) is 25.5 Å². The Morgan fingerprint density at radius 3 is 2.54 bits per heavy atom. The average Bonchev–Trinajstić information content (AvgIpc) is 3.29. The van der Waals surface area contributed by atoms with E-state index in [1.807, 2.05) is 0 Å². The third kappa shape index (κ3) is 4.88. The Labute approximate surface area is 206 Å². The van der Waals surface area contributed by atoms with E-state index in [4.69, 9.17) is 21.8 Å². The zero-order chi connectivity index (χ0) is 25.3.